The molecule has 1 amide bonds. The molecule has 4 heterocycles. The lowest BCUT2D eigenvalue weighted by atomic mass is 10.1. The van der Waals surface area contributed by atoms with Crippen molar-refractivity contribution in [3.8, 4) is 29.2 Å². The number of benzene rings is 3. The van der Waals surface area contributed by atoms with Gasteiger partial charge in [0.25, 0.3) is 5.56 Å². The molecule has 2 aromatic heterocycles. The number of carbonyl (C=O) groups is 1. The van der Waals surface area contributed by atoms with Crippen molar-refractivity contribution in [2.24, 2.45) is 0 Å². The minimum absolute atomic E-state index is 0.0926. The fraction of sp³-hybridized carbons (Fsp3) is 0.297. The second kappa shape index (κ2) is 13.3. The zero-order valence-electron chi connectivity index (χ0n) is 26.8. The summed E-state index contributed by atoms with van der Waals surface area (Å²) in [5.74, 6) is 0.655. The molecule has 242 valence electrons. The summed E-state index contributed by atoms with van der Waals surface area (Å²) in [6, 6.07) is 25.5. The largest absolute Gasteiger partial charge is 0.462 e. The number of rotatable bonds is 8. The van der Waals surface area contributed by atoms with Crippen LogP contribution < -0.4 is 15.2 Å². The maximum absolute atomic E-state index is 14.9. The Hall–Kier alpha value is -5.60. The number of aromatic nitrogens is 4. The average Bonchev–Trinajstić information content (AvgIpc) is 3.54. The minimum Gasteiger partial charge on any atom is -0.462 e. The van der Waals surface area contributed by atoms with Crippen LogP contribution in [-0.2, 0) is 4.79 Å². The number of piperazine rings is 1. The van der Waals surface area contributed by atoms with E-state index in [9.17, 15) is 14.9 Å². The van der Waals surface area contributed by atoms with Crippen LogP contribution in [0.2, 0.25) is 0 Å². The van der Waals surface area contributed by atoms with Crippen LogP contribution in [0.25, 0.3) is 38.9 Å². The molecule has 7 rings (SSSR count). The maximum atomic E-state index is 14.9. The summed E-state index contributed by atoms with van der Waals surface area (Å²) in [6.45, 7) is 6.10. The Labute approximate surface area is 278 Å². The highest BCUT2D eigenvalue weighted by molar-refractivity contribution is 5.93. The molecule has 2 saturated heterocycles. The summed E-state index contributed by atoms with van der Waals surface area (Å²) in [7, 11) is 2.07. The molecule has 11 nitrogen and oxygen atoms in total. The monoisotopic (exact) mass is 640 g/mol. The number of amides is 1. The third-order valence-corrected chi connectivity index (χ3v) is 9.36. The van der Waals surface area contributed by atoms with Crippen molar-refractivity contribution in [1.82, 2.24) is 29.3 Å². The van der Waals surface area contributed by atoms with E-state index in [2.05, 4.69) is 24.6 Å². The van der Waals surface area contributed by atoms with Crippen LogP contribution in [0.1, 0.15) is 19.3 Å². The summed E-state index contributed by atoms with van der Waals surface area (Å²) >= 11 is 0. The van der Waals surface area contributed by atoms with Gasteiger partial charge in [0, 0.05) is 36.6 Å². The minimum atomic E-state index is -0.402. The van der Waals surface area contributed by atoms with Crippen molar-refractivity contribution in [2.75, 3.05) is 44.7 Å². The highest BCUT2D eigenvalue weighted by Crippen LogP contribution is 2.31. The molecule has 11 heteroatoms. The SMILES string of the molecule is C=CC(=O)N1CCN(c2nc(OC[C@@H]3CCCN3C)nc3c(=O)n(-c4cccc5ccccc45)c(-c4ccccc4)nc23)C[C@@H]1CC#N. The normalized spacial score (nSPS) is 18.2. The quantitative estimate of drug-likeness (QED) is 0.224. The summed E-state index contributed by atoms with van der Waals surface area (Å²) in [6.07, 6.45) is 3.49. The molecule has 3 aromatic carbocycles. The van der Waals surface area contributed by atoms with Crippen LogP contribution in [-0.4, -0.2) is 87.1 Å². The van der Waals surface area contributed by atoms with Crippen molar-refractivity contribution in [3.63, 3.8) is 0 Å². The first-order chi connectivity index (χ1) is 23.5. The van der Waals surface area contributed by atoms with Gasteiger partial charge in [-0.3, -0.25) is 14.2 Å². The van der Waals surface area contributed by atoms with Gasteiger partial charge in [0.15, 0.2) is 11.3 Å². The third-order valence-electron chi connectivity index (χ3n) is 9.36. The van der Waals surface area contributed by atoms with Crippen molar-refractivity contribution >= 4 is 33.5 Å². The Kier molecular flexibility index (Phi) is 8.57. The van der Waals surface area contributed by atoms with Gasteiger partial charge in [-0.25, -0.2) is 4.98 Å². The van der Waals surface area contributed by atoms with Gasteiger partial charge < -0.3 is 19.4 Å². The van der Waals surface area contributed by atoms with Crippen LogP contribution in [0, 0.1) is 11.3 Å². The van der Waals surface area contributed by atoms with Crippen molar-refractivity contribution in [2.45, 2.75) is 31.3 Å². The van der Waals surface area contributed by atoms with Crippen LogP contribution in [0.4, 0.5) is 5.82 Å². The van der Waals surface area contributed by atoms with E-state index in [0.717, 1.165) is 35.7 Å². The molecule has 0 spiro atoms. The van der Waals surface area contributed by atoms with Gasteiger partial charge in [0.05, 0.1) is 24.2 Å². The highest BCUT2D eigenvalue weighted by atomic mass is 16.5. The summed E-state index contributed by atoms with van der Waals surface area (Å²) in [4.78, 5) is 48.2. The average molecular weight is 641 g/mol. The number of hydrogen-bond donors (Lipinski definition) is 0. The number of nitrogens with zero attached hydrogens (tertiary/aromatic N) is 8. The van der Waals surface area contributed by atoms with Gasteiger partial charge >= 0.3 is 6.01 Å². The Morgan fingerprint density at radius 1 is 0.979 bits per heavy atom. The van der Waals surface area contributed by atoms with Crippen LogP contribution in [0.5, 0.6) is 6.01 Å². The molecule has 2 fully saturated rings. The van der Waals surface area contributed by atoms with Crippen molar-refractivity contribution in [3.05, 3.63) is 95.8 Å². The Balaban J connectivity index is 1.45. The molecular weight excluding hydrogens is 604 g/mol. The molecule has 48 heavy (non-hydrogen) atoms. The van der Waals surface area contributed by atoms with Gasteiger partial charge in [-0.1, -0.05) is 73.3 Å². The molecular formula is C37H36N8O3. The maximum Gasteiger partial charge on any atom is 0.319 e. The molecule has 0 aliphatic carbocycles. The Bertz CT molecular complexity index is 2100. The van der Waals surface area contributed by atoms with Crippen LogP contribution in [0.3, 0.4) is 0 Å². The van der Waals surface area contributed by atoms with E-state index in [-0.39, 0.29) is 35.5 Å². The number of ether oxygens (including phenoxy) is 1. The second-order valence-corrected chi connectivity index (χ2v) is 12.3. The van der Waals surface area contributed by atoms with E-state index in [0.29, 0.717) is 49.1 Å². The van der Waals surface area contributed by atoms with Crippen molar-refractivity contribution in [1.29, 1.82) is 5.26 Å². The van der Waals surface area contributed by atoms with Gasteiger partial charge in [0.2, 0.25) is 5.91 Å². The van der Waals surface area contributed by atoms with E-state index >= 15 is 0 Å². The molecule has 0 saturated carbocycles. The predicted molar refractivity (Wildman–Crippen MR) is 185 cm³/mol. The number of likely N-dealkylation sites (tertiary alicyclic amines) is 1. The van der Waals surface area contributed by atoms with Gasteiger partial charge in [-0.15, -0.1) is 0 Å². The molecule has 0 N–H and O–H groups in total. The van der Waals surface area contributed by atoms with E-state index in [1.807, 2.05) is 77.7 Å². The number of nitriles is 1. The lowest BCUT2D eigenvalue weighted by molar-refractivity contribution is -0.128. The number of hydrogen-bond acceptors (Lipinski definition) is 9. The number of likely N-dealkylation sites (N-methyl/N-ethyl adjacent to an activating group) is 1. The standard InChI is InChI=1S/C37H36N8O3/c1-3-31(46)44-22-21-43(23-27(44)18-19-38)35-32-33(40-37(41-35)48-24-28-15-10-20-42(28)2)36(47)45(34(39-32)26-12-5-4-6-13-26)30-17-9-14-25-11-7-8-16-29(25)30/h3-9,11-14,16-17,27-28H,1,10,15,18,20-24H2,2H3/t27-,28-/m0/s1. The third kappa shape index (κ3) is 5.75. The van der Waals surface area contributed by atoms with Crippen LogP contribution >= 0.6 is 0 Å². The van der Waals surface area contributed by atoms with E-state index < -0.39 is 6.04 Å². The first kappa shape index (κ1) is 31.0. The van der Waals surface area contributed by atoms with E-state index in [1.54, 1.807) is 9.47 Å². The molecule has 2 aliphatic rings. The predicted octanol–water partition coefficient (Wildman–Crippen LogP) is 4.59. The Morgan fingerprint density at radius 3 is 2.54 bits per heavy atom. The lowest BCUT2D eigenvalue weighted by Crippen LogP contribution is -2.55. The number of carbonyl (C=O) groups excluding carboxylic acids is 1. The molecule has 5 aromatic rings. The second-order valence-electron chi connectivity index (χ2n) is 12.3. The molecule has 0 unspecified atom stereocenters. The summed E-state index contributed by atoms with van der Waals surface area (Å²) in [5, 5.41) is 11.5. The highest BCUT2D eigenvalue weighted by Gasteiger charge is 2.33. The smallest absolute Gasteiger partial charge is 0.319 e. The van der Waals surface area contributed by atoms with E-state index in [4.69, 9.17) is 19.7 Å². The number of anilines is 1. The summed E-state index contributed by atoms with van der Waals surface area (Å²) in [5.41, 5.74) is 1.55. The number of fused-ring (bicyclic) bond motifs is 2. The molecule has 2 atom stereocenters. The first-order valence-electron chi connectivity index (χ1n) is 16.2. The van der Waals surface area contributed by atoms with Crippen LogP contribution in [0.15, 0.2) is 90.2 Å². The molecule has 0 radical (unpaired) electrons. The zero-order valence-corrected chi connectivity index (χ0v) is 26.8. The van der Waals surface area contributed by atoms with Crippen molar-refractivity contribution < 1.29 is 9.53 Å². The fourth-order valence-electron chi connectivity index (χ4n) is 6.82. The summed E-state index contributed by atoms with van der Waals surface area (Å²) < 4.78 is 7.87. The van der Waals surface area contributed by atoms with Gasteiger partial charge in [0.1, 0.15) is 17.9 Å². The van der Waals surface area contributed by atoms with E-state index in [1.165, 1.54) is 6.08 Å². The first-order valence-corrected chi connectivity index (χ1v) is 16.2. The fourth-order valence-corrected chi connectivity index (χ4v) is 6.82. The lowest BCUT2D eigenvalue weighted by Gasteiger charge is -2.40. The van der Waals surface area contributed by atoms with Gasteiger partial charge in [-0.2, -0.15) is 15.2 Å². The molecule has 2 aliphatic heterocycles. The Morgan fingerprint density at radius 2 is 1.77 bits per heavy atom. The molecule has 0 bridgehead atoms. The van der Waals surface area contributed by atoms with Gasteiger partial charge in [-0.05, 0) is 44.0 Å². The topological polar surface area (TPSA) is 120 Å². The zero-order chi connectivity index (χ0) is 33.2.